The van der Waals surface area contributed by atoms with E-state index in [1.807, 2.05) is 42.5 Å². The minimum Gasteiger partial charge on any atom is -0.279 e. The van der Waals surface area contributed by atoms with Crippen LogP contribution < -0.4 is 5.48 Å². The summed E-state index contributed by atoms with van der Waals surface area (Å²) < 4.78 is 0. The van der Waals surface area contributed by atoms with E-state index in [1.54, 1.807) is 13.3 Å². The fourth-order valence-corrected chi connectivity index (χ4v) is 1.38. The van der Waals surface area contributed by atoms with Crippen molar-refractivity contribution in [1.29, 1.82) is 0 Å². The molecule has 0 aliphatic rings. The second-order valence-electron chi connectivity index (χ2n) is 3.10. The Hall–Kier alpha value is -1.87. The van der Waals surface area contributed by atoms with Crippen LogP contribution in [0.4, 0.5) is 5.69 Å². The molecule has 0 unspecified atom stereocenters. The van der Waals surface area contributed by atoms with E-state index in [1.165, 1.54) is 0 Å². The van der Waals surface area contributed by atoms with E-state index in [4.69, 9.17) is 4.84 Å². The summed E-state index contributed by atoms with van der Waals surface area (Å²) in [7, 11) is 1.59. The predicted molar refractivity (Wildman–Crippen MR) is 60.3 cm³/mol. The molecule has 2 rings (SSSR count). The van der Waals surface area contributed by atoms with Gasteiger partial charge in [0.25, 0.3) is 0 Å². The first-order valence-electron chi connectivity index (χ1n) is 4.70. The first kappa shape index (κ1) is 9.68. The van der Waals surface area contributed by atoms with E-state index in [0.29, 0.717) is 0 Å². The molecule has 1 N–H and O–H groups in total. The third-order valence-electron chi connectivity index (χ3n) is 2.05. The van der Waals surface area contributed by atoms with Crippen molar-refractivity contribution < 1.29 is 4.84 Å². The molecular formula is C12H12N2O. The molecule has 0 amide bonds. The number of anilines is 1. The van der Waals surface area contributed by atoms with Gasteiger partial charge < -0.3 is 0 Å². The van der Waals surface area contributed by atoms with Crippen LogP contribution in [0.25, 0.3) is 11.3 Å². The quantitative estimate of drug-likeness (QED) is 0.773. The molecule has 0 saturated carbocycles. The van der Waals surface area contributed by atoms with Crippen LogP contribution in [-0.4, -0.2) is 12.1 Å². The van der Waals surface area contributed by atoms with Crippen LogP contribution in [0.1, 0.15) is 0 Å². The van der Waals surface area contributed by atoms with Crippen molar-refractivity contribution in [2.45, 2.75) is 0 Å². The average Bonchev–Trinajstić information content (AvgIpc) is 2.31. The van der Waals surface area contributed by atoms with E-state index >= 15 is 0 Å². The van der Waals surface area contributed by atoms with E-state index < -0.39 is 0 Å². The van der Waals surface area contributed by atoms with E-state index in [9.17, 15) is 0 Å². The number of nitrogens with zero attached hydrogens (tertiary/aromatic N) is 1. The van der Waals surface area contributed by atoms with Gasteiger partial charge in [-0.3, -0.25) is 15.3 Å². The van der Waals surface area contributed by atoms with E-state index in [0.717, 1.165) is 16.9 Å². The van der Waals surface area contributed by atoms with Crippen molar-refractivity contribution in [3.63, 3.8) is 0 Å². The minimum atomic E-state index is 0.895. The summed E-state index contributed by atoms with van der Waals surface area (Å²) in [6, 6.07) is 13.8. The lowest BCUT2D eigenvalue weighted by Gasteiger charge is -2.05. The molecule has 0 bridgehead atoms. The van der Waals surface area contributed by atoms with E-state index in [-0.39, 0.29) is 0 Å². The highest BCUT2D eigenvalue weighted by atomic mass is 16.6. The average molecular weight is 200 g/mol. The maximum absolute atomic E-state index is 4.84. The molecule has 0 fully saturated rings. The molecule has 0 aliphatic heterocycles. The number of nitrogens with one attached hydrogen (secondary N) is 1. The molecule has 1 aromatic carbocycles. The fourth-order valence-electron chi connectivity index (χ4n) is 1.38. The van der Waals surface area contributed by atoms with Gasteiger partial charge in [-0.1, -0.05) is 30.3 Å². The lowest BCUT2D eigenvalue weighted by atomic mass is 10.1. The zero-order valence-corrected chi connectivity index (χ0v) is 8.47. The van der Waals surface area contributed by atoms with Crippen molar-refractivity contribution in [2.75, 3.05) is 12.6 Å². The molecule has 15 heavy (non-hydrogen) atoms. The number of rotatable bonds is 3. The third kappa shape index (κ3) is 2.33. The first-order valence-corrected chi connectivity index (χ1v) is 4.70. The topological polar surface area (TPSA) is 34.1 Å². The van der Waals surface area contributed by atoms with Gasteiger partial charge in [0.05, 0.1) is 18.5 Å². The van der Waals surface area contributed by atoms with Gasteiger partial charge in [0.2, 0.25) is 0 Å². The van der Waals surface area contributed by atoms with Crippen LogP contribution in [0.15, 0.2) is 48.7 Å². The molecule has 3 nitrogen and oxygen atoms in total. The van der Waals surface area contributed by atoms with Crippen LogP contribution >= 0.6 is 0 Å². The Kier molecular flexibility index (Phi) is 2.95. The maximum atomic E-state index is 4.84. The highest BCUT2D eigenvalue weighted by Crippen LogP contribution is 2.19. The van der Waals surface area contributed by atoms with Gasteiger partial charge in [-0.15, -0.1) is 0 Å². The Labute approximate surface area is 88.7 Å². The summed E-state index contributed by atoms with van der Waals surface area (Å²) in [4.78, 5) is 9.14. The summed E-state index contributed by atoms with van der Waals surface area (Å²) in [5, 5.41) is 0. The molecule has 0 atom stereocenters. The van der Waals surface area contributed by atoms with Gasteiger partial charge in [0.1, 0.15) is 0 Å². The highest BCUT2D eigenvalue weighted by Gasteiger charge is 1.98. The summed E-state index contributed by atoms with van der Waals surface area (Å²) in [6.45, 7) is 0. The highest BCUT2D eigenvalue weighted by molar-refractivity contribution is 5.63. The smallest absolute Gasteiger partial charge is 0.0723 e. The molecule has 1 aromatic heterocycles. The predicted octanol–water partition coefficient (Wildman–Crippen LogP) is 2.72. The Balaban J connectivity index is 2.33. The third-order valence-corrected chi connectivity index (χ3v) is 2.05. The van der Waals surface area contributed by atoms with Crippen LogP contribution in [0.3, 0.4) is 0 Å². The number of pyridine rings is 1. The van der Waals surface area contributed by atoms with Crippen molar-refractivity contribution in [1.82, 2.24) is 4.98 Å². The van der Waals surface area contributed by atoms with Gasteiger partial charge in [0.15, 0.2) is 0 Å². The van der Waals surface area contributed by atoms with Crippen molar-refractivity contribution in [2.24, 2.45) is 0 Å². The van der Waals surface area contributed by atoms with Gasteiger partial charge in [-0.25, -0.2) is 0 Å². The summed E-state index contributed by atoms with van der Waals surface area (Å²) in [5.74, 6) is 0. The summed E-state index contributed by atoms with van der Waals surface area (Å²) in [6.07, 6.45) is 1.75. The number of benzene rings is 1. The largest absolute Gasteiger partial charge is 0.279 e. The lowest BCUT2D eigenvalue weighted by Crippen LogP contribution is -1.96. The molecule has 0 radical (unpaired) electrons. The monoisotopic (exact) mass is 200 g/mol. The molecule has 0 spiro atoms. The second kappa shape index (κ2) is 4.57. The zero-order valence-electron chi connectivity index (χ0n) is 8.47. The molecule has 3 heteroatoms. The first-order chi connectivity index (χ1) is 7.40. The summed E-state index contributed by atoms with van der Waals surface area (Å²) >= 11 is 0. The molecule has 0 saturated heterocycles. The Morgan fingerprint density at radius 1 is 1.13 bits per heavy atom. The van der Waals surface area contributed by atoms with Crippen molar-refractivity contribution >= 4 is 5.69 Å². The summed E-state index contributed by atoms with van der Waals surface area (Å²) in [5.41, 5.74) is 5.70. The maximum Gasteiger partial charge on any atom is 0.0723 e. The molecule has 2 aromatic rings. The Morgan fingerprint density at radius 3 is 2.67 bits per heavy atom. The van der Waals surface area contributed by atoms with Gasteiger partial charge in [-0.05, 0) is 12.1 Å². The normalized spacial score (nSPS) is 9.93. The molecule has 0 aliphatic carbocycles. The van der Waals surface area contributed by atoms with Crippen molar-refractivity contribution in [3.8, 4) is 11.3 Å². The van der Waals surface area contributed by atoms with Gasteiger partial charge in [-0.2, -0.15) is 0 Å². The molecular weight excluding hydrogens is 188 g/mol. The van der Waals surface area contributed by atoms with Crippen molar-refractivity contribution in [3.05, 3.63) is 48.7 Å². The van der Waals surface area contributed by atoms with Gasteiger partial charge in [0, 0.05) is 11.8 Å². The standard InChI is InChI=1S/C12H12N2O/c1-15-14-11-7-8-13-12(9-11)10-5-3-2-4-6-10/h2-9H,1H3,(H,13,14). The molecule has 1 heterocycles. The van der Waals surface area contributed by atoms with Crippen LogP contribution in [0.5, 0.6) is 0 Å². The van der Waals surface area contributed by atoms with Crippen LogP contribution in [0.2, 0.25) is 0 Å². The SMILES string of the molecule is CONc1ccnc(-c2ccccc2)c1. The Morgan fingerprint density at radius 2 is 1.93 bits per heavy atom. The number of aromatic nitrogens is 1. The van der Waals surface area contributed by atoms with Crippen LogP contribution in [-0.2, 0) is 4.84 Å². The van der Waals surface area contributed by atoms with E-state index in [2.05, 4.69) is 10.5 Å². The number of hydrogen-bond acceptors (Lipinski definition) is 3. The zero-order chi connectivity index (χ0) is 10.5. The van der Waals surface area contributed by atoms with Gasteiger partial charge >= 0.3 is 0 Å². The second-order valence-corrected chi connectivity index (χ2v) is 3.10. The Bertz CT molecular complexity index is 429. The minimum absolute atomic E-state index is 0.895. The molecule has 76 valence electrons. The van der Waals surface area contributed by atoms with Crippen LogP contribution in [0, 0.1) is 0 Å². The fraction of sp³-hybridized carbons (Fsp3) is 0.0833. The lowest BCUT2D eigenvalue weighted by molar-refractivity contribution is 0.271. The number of hydrogen-bond donors (Lipinski definition) is 1.